The van der Waals surface area contributed by atoms with Gasteiger partial charge in [-0.15, -0.1) is 0 Å². The molecule has 0 unspecified atom stereocenters. The Bertz CT molecular complexity index is 1190. The fraction of sp³-hybridized carbons (Fsp3) is 0.240. The quantitative estimate of drug-likeness (QED) is 0.540. The maximum atomic E-state index is 13.6. The first-order valence-electron chi connectivity index (χ1n) is 10.6. The van der Waals surface area contributed by atoms with Crippen LogP contribution in [0.5, 0.6) is 5.75 Å². The summed E-state index contributed by atoms with van der Waals surface area (Å²) in [6.07, 6.45) is 0.749. The molecule has 1 aliphatic rings. The molecular weight excluding hydrogens is 424 g/mol. The lowest BCUT2D eigenvalue weighted by molar-refractivity contribution is -0.117. The van der Waals surface area contributed by atoms with Crippen LogP contribution in [0.15, 0.2) is 83.8 Å². The Morgan fingerprint density at radius 3 is 2.34 bits per heavy atom. The van der Waals surface area contributed by atoms with Crippen LogP contribution in [-0.2, 0) is 21.2 Å². The summed E-state index contributed by atoms with van der Waals surface area (Å²) in [4.78, 5) is 15.2. The summed E-state index contributed by atoms with van der Waals surface area (Å²) in [5.74, 6) is 0.331. The lowest BCUT2D eigenvalue weighted by Crippen LogP contribution is -2.45. The van der Waals surface area contributed by atoms with E-state index in [1.165, 1.54) is 16.4 Å². The van der Waals surface area contributed by atoms with E-state index in [2.05, 4.69) is 0 Å². The van der Waals surface area contributed by atoms with E-state index in [0.29, 0.717) is 18.0 Å². The minimum atomic E-state index is -3.98. The number of fused-ring (bicyclic) bond motifs is 1. The van der Waals surface area contributed by atoms with Crippen LogP contribution >= 0.6 is 0 Å². The molecule has 0 fully saturated rings. The molecule has 0 N–H and O–H groups in total. The molecule has 4 rings (SSSR count). The van der Waals surface area contributed by atoms with Crippen molar-refractivity contribution in [2.45, 2.75) is 31.2 Å². The highest BCUT2D eigenvalue weighted by Gasteiger charge is 2.34. The molecule has 3 aromatic rings. The van der Waals surface area contributed by atoms with Gasteiger partial charge < -0.3 is 9.64 Å². The summed E-state index contributed by atoms with van der Waals surface area (Å²) in [6.45, 7) is 4.04. The summed E-state index contributed by atoms with van der Waals surface area (Å²) in [7, 11) is -3.98. The number of nitrogens with zero attached hydrogens (tertiary/aromatic N) is 2. The molecule has 1 atom stereocenters. The zero-order chi connectivity index (χ0) is 22.7. The Balaban J connectivity index is 1.68. The minimum Gasteiger partial charge on any atom is -0.494 e. The number of para-hydroxylation sites is 2. The van der Waals surface area contributed by atoms with E-state index in [4.69, 9.17) is 4.74 Å². The fourth-order valence-corrected chi connectivity index (χ4v) is 5.47. The Kier molecular flexibility index (Phi) is 6.19. The molecule has 0 bridgehead atoms. The number of benzene rings is 3. The van der Waals surface area contributed by atoms with Crippen LogP contribution in [0.4, 0.5) is 11.4 Å². The van der Waals surface area contributed by atoms with Gasteiger partial charge in [0.05, 0.1) is 17.2 Å². The van der Waals surface area contributed by atoms with E-state index in [0.717, 1.165) is 17.7 Å². The van der Waals surface area contributed by atoms with Crippen molar-refractivity contribution >= 4 is 27.3 Å². The monoisotopic (exact) mass is 450 g/mol. The van der Waals surface area contributed by atoms with Crippen LogP contribution in [0.3, 0.4) is 0 Å². The highest BCUT2D eigenvalue weighted by Crippen LogP contribution is 2.33. The third-order valence-corrected chi connectivity index (χ3v) is 7.31. The van der Waals surface area contributed by atoms with Gasteiger partial charge in [-0.2, -0.15) is 0 Å². The van der Waals surface area contributed by atoms with E-state index in [1.807, 2.05) is 44.2 Å². The number of carbonyl (C=O) groups excluding carboxylic acids is 1. The molecule has 32 heavy (non-hydrogen) atoms. The largest absolute Gasteiger partial charge is 0.494 e. The second-order valence-electron chi connectivity index (χ2n) is 7.70. The first-order chi connectivity index (χ1) is 15.4. The van der Waals surface area contributed by atoms with Gasteiger partial charge in [-0.25, -0.2) is 8.42 Å². The predicted octanol–water partition coefficient (Wildman–Crippen LogP) is 4.26. The van der Waals surface area contributed by atoms with Gasteiger partial charge in [0.25, 0.3) is 10.0 Å². The molecule has 1 amide bonds. The Hall–Kier alpha value is -3.32. The first kappa shape index (κ1) is 21.9. The summed E-state index contributed by atoms with van der Waals surface area (Å²) in [5.41, 5.74) is 2.38. The maximum Gasteiger partial charge on any atom is 0.264 e. The molecule has 3 aromatic carbocycles. The van der Waals surface area contributed by atoms with Gasteiger partial charge in [-0.3, -0.25) is 9.10 Å². The Morgan fingerprint density at radius 2 is 1.66 bits per heavy atom. The number of carbonyl (C=O) groups is 1. The maximum absolute atomic E-state index is 13.6. The van der Waals surface area contributed by atoms with Crippen LogP contribution in [0, 0.1) is 0 Å². The molecule has 0 radical (unpaired) electrons. The van der Waals surface area contributed by atoms with Gasteiger partial charge in [-0.1, -0.05) is 36.4 Å². The second-order valence-corrected chi connectivity index (χ2v) is 9.56. The first-order valence-corrected chi connectivity index (χ1v) is 12.1. The minimum absolute atomic E-state index is 0.0364. The van der Waals surface area contributed by atoms with Crippen LogP contribution in [0.1, 0.15) is 19.4 Å². The van der Waals surface area contributed by atoms with E-state index < -0.39 is 10.0 Å². The SMILES string of the molecule is CCOc1ccc(S(=O)(=O)N(CC(=O)N2c3ccccc3C[C@@H]2C)c2ccccc2)cc1. The average molecular weight is 451 g/mol. The van der Waals surface area contributed by atoms with Crippen molar-refractivity contribution in [2.75, 3.05) is 22.4 Å². The van der Waals surface area contributed by atoms with Crippen LogP contribution in [0.2, 0.25) is 0 Å². The van der Waals surface area contributed by atoms with E-state index in [9.17, 15) is 13.2 Å². The topological polar surface area (TPSA) is 66.9 Å². The van der Waals surface area contributed by atoms with Gasteiger partial charge in [0.15, 0.2) is 0 Å². The number of amides is 1. The number of sulfonamides is 1. The normalized spacial score (nSPS) is 15.3. The molecular formula is C25H26N2O4S. The number of ether oxygens (including phenoxy) is 1. The number of hydrogen-bond acceptors (Lipinski definition) is 4. The lowest BCUT2D eigenvalue weighted by Gasteiger charge is -2.29. The van der Waals surface area contributed by atoms with Crippen molar-refractivity contribution in [1.29, 1.82) is 0 Å². The van der Waals surface area contributed by atoms with Crippen LogP contribution in [0.25, 0.3) is 0 Å². The van der Waals surface area contributed by atoms with Gasteiger partial charge in [-0.05, 0) is 68.3 Å². The predicted molar refractivity (Wildman–Crippen MR) is 126 cm³/mol. The molecule has 1 aliphatic heterocycles. The molecule has 0 spiro atoms. The van der Waals surface area contributed by atoms with Crippen molar-refractivity contribution in [2.24, 2.45) is 0 Å². The number of hydrogen-bond donors (Lipinski definition) is 0. The lowest BCUT2D eigenvalue weighted by atomic mass is 10.1. The molecule has 1 heterocycles. The second kappa shape index (κ2) is 9.04. The average Bonchev–Trinajstić information content (AvgIpc) is 3.14. The molecule has 6 nitrogen and oxygen atoms in total. The highest BCUT2D eigenvalue weighted by atomic mass is 32.2. The third-order valence-electron chi connectivity index (χ3n) is 5.52. The van der Waals surface area contributed by atoms with E-state index in [-0.39, 0.29) is 23.4 Å². The van der Waals surface area contributed by atoms with E-state index in [1.54, 1.807) is 41.3 Å². The van der Waals surface area contributed by atoms with Crippen LogP contribution in [-0.4, -0.2) is 33.5 Å². The number of rotatable bonds is 7. The van der Waals surface area contributed by atoms with Crippen molar-refractivity contribution in [3.05, 3.63) is 84.4 Å². The van der Waals surface area contributed by atoms with Crippen molar-refractivity contribution in [1.82, 2.24) is 0 Å². The zero-order valence-corrected chi connectivity index (χ0v) is 19.0. The fourth-order valence-electron chi connectivity index (χ4n) is 4.06. The van der Waals surface area contributed by atoms with Gasteiger partial charge in [0.2, 0.25) is 5.91 Å². The molecule has 0 saturated heterocycles. The van der Waals surface area contributed by atoms with Gasteiger partial charge in [0.1, 0.15) is 12.3 Å². The summed E-state index contributed by atoms with van der Waals surface area (Å²) in [6, 6.07) is 22.7. The molecule has 166 valence electrons. The molecule has 0 saturated carbocycles. The molecule has 7 heteroatoms. The molecule has 0 aromatic heterocycles. The van der Waals surface area contributed by atoms with Crippen molar-refractivity contribution in [3.8, 4) is 5.75 Å². The smallest absolute Gasteiger partial charge is 0.264 e. The Morgan fingerprint density at radius 1 is 1.00 bits per heavy atom. The highest BCUT2D eigenvalue weighted by molar-refractivity contribution is 7.92. The van der Waals surface area contributed by atoms with Crippen LogP contribution < -0.4 is 13.9 Å². The number of anilines is 2. The summed E-state index contributed by atoms with van der Waals surface area (Å²) in [5, 5.41) is 0. The summed E-state index contributed by atoms with van der Waals surface area (Å²) < 4.78 is 33.8. The van der Waals surface area contributed by atoms with Crippen molar-refractivity contribution in [3.63, 3.8) is 0 Å². The zero-order valence-electron chi connectivity index (χ0n) is 18.1. The molecule has 0 aliphatic carbocycles. The standard InChI is InChI=1S/C25H26N2O4S/c1-3-31-22-13-15-23(16-14-22)32(29,30)26(21-10-5-4-6-11-21)18-25(28)27-19(2)17-20-9-7-8-12-24(20)27/h4-16,19H,3,17-18H2,1-2H3/t19-/m0/s1. The van der Waals surface area contributed by atoms with E-state index >= 15 is 0 Å². The van der Waals surface area contributed by atoms with Crippen molar-refractivity contribution < 1.29 is 17.9 Å². The third kappa shape index (κ3) is 4.21. The van der Waals surface area contributed by atoms with Gasteiger partial charge >= 0.3 is 0 Å². The summed E-state index contributed by atoms with van der Waals surface area (Å²) >= 11 is 0. The van der Waals surface area contributed by atoms with Gasteiger partial charge in [0, 0.05) is 11.7 Å². The Labute approximate surface area is 189 Å².